The van der Waals surface area contributed by atoms with E-state index in [4.69, 9.17) is 10.6 Å². The van der Waals surface area contributed by atoms with Gasteiger partial charge in [-0.2, -0.15) is 0 Å². The smallest absolute Gasteiger partial charge is 0.193 e. The summed E-state index contributed by atoms with van der Waals surface area (Å²) in [6.45, 7) is 0. The lowest BCUT2D eigenvalue weighted by atomic mass is 10.2. The van der Waals surface area contributed by atoms with Gasteiger partial charge in [-0.15, -0.1) is 0 Å². The van der Waals surface area contributed by atoms with Crippen LogP contribution in [0.2, 0.25) is 0 Å². The van der Waals surface area contributed by atoms with E-state index in [1.165, 1.54) is 0 Å². The molecule has 3 nitrogen and oxygen atoms in total. The van der Waals surface area contributed by atoms with E-state index >= 15 is 0 Å². The molecule has 3 N–H and O–H groups in total. The molecule has 0 aromatic rings. The van der Waals surface area contributed by atoms with Crippen molar-refractivity contribution < 1.29 is 9.46 Å². The maximum atomic E-state index is 10.4. The number of nitrogens with two attached hydrogens (primary N) is 1. The Morgan fingerprint density at radius 1 is 1.90 bits per heavy atom. The molecule has 0 fully saturated rings. The molecule has 0 spiro atoms. The first-order valence-electron chi connectivity index (χ1n) is 3.34. The Morgan fingerprint density at radius 3 is 3.00 bits per heavy atom. The Balaban J connectivity index is 2.37. The van der Waals surface area contributed by atoms with Crippen LogP contribution < -0.4 is 5.73 Å². The van der Waals surface area contributed by atoms with Crippen molar-refractivity contribution in [2.75, 3.05) is 6.16 Å². The molecule has 1 unspecified atom stereocenters. The molecule has 0 heterocycles. The fourth-order valence-electron chi connectivity index (χ4n) is 1.16. The summed E-state index contributed by atoms with van der Waals surface area (Å²) in [5.41, 5.74) is 6.63. The average Bonchev–Trinajstić information content (AvgIpc) is 2.13. The zero-order valence-electron chi connectivity index (χ0n) is 5.71. The van der Waals surface area contributed by atoms with Gasteiger partial charge in [0.15, 0.2) is 8.03 Å². The third-order valence-corrected chi connectivity index (χ3v) is 2.37. The van der Waals surface area contributed by atoms with Crippen LogP contribution in [0, 0.1) is 0 Å². The highest BCUT2D eigenvalue weighted by atomic mass is 31.1. The maximum absolute atomic E-state index is 10.4. The van der Waals surface area contributed by atoms with Crippen molar-refractivity contribution >= 4 is 8.03 Å². The molecule has 0 aromatic heterocycles. The van der Waals surface area contributed by atoms with Gasteiger partial charge in [0, 0.05) is 12.2 Å². The molecule has 1 rings (SSSR count). The average molecular weight is 161 g/mol. The van der Waals surface area contributed by atoms with Crippen molar-refractivity contribution in [3.8, 4) is 0 Å². The highest BCUT2D eigenvalue weighted by Gasteiger charge is 2.13. The van der Waals surface area contributed by atoms with Gasteiger partial charge < -0.3 is 10.6 Å². The monoisotopic (exact) mass is 161 g/mol. The zero-order chi connectivity index (χ0) is 7.56. The van der Waals surface area contributed by atoms with Gasteiger partial charge in [0.1, 0.15) is 0 Å². The molecule has 0 aromatic carbocycles. The molecule has 58 valence electrons. The number of hydrogen-bond acceptors (Lipinski definition) is 2. The standard InChI is InChI=1S/C6H12NO2P/c7-6-2-1-5(3-6)4-10(8)9/h1,6,10H,2-4,7H2,(H,8,9). The number of hydrogen-bond donors (Lipinski definition) is 2. The van der Waals surface area contributed by atoms with Gasteiger partial charge in [0.2, 0.25) is 0 Å². The lowest BCUT2D eigenvalue weighted by Gasteiger charge is -2.00. The molecule has 1 aliphatic rings. The van der Waals surface area contributed by atoms with Crippen LogP contribution >= 0.6 is 8.03 Å². The van der Waals surface area contributed by atoms with E-state index in [1.807, 2.05) is 6.08 Å². The Labute approximate surface area is 60.8 Å². The van der Waals surface area contributed by atoms with Crippen molar-refractivity contribution in [3.05, 3.63) is 11.6 Å². The molecule has 2 atom stereocenters. The van der Waals surface area contributed by atoms with Crippen molar-refractivity contribution in [2.24, 2.45) is 5.73 Å². The van der Waals surface area contributed by atoms with Crippen molar-refractivity contribution in [2.45, 2.75) is 18.9 Å². The molecule has 1 aliphatic carbocycles. The predicted octanol–water partition coefficient (Wildman–Crippen LogP) is 0.501. The van der Waals surface area contributed by atoms with Crippen LogP contribution in [-0.2, 0) is 4.57 Å². The van der Waals surface area contributed by atoms with Crippen LogP contribution in [0.5, 0.6) is 0 Å². The zero-order valence-corrected chi connectivity index (χ0v) is 6.71. The predicted molar refractivity (Wildman–Crippen MR) is 41.4 cm³/mol. The Bertz CT molecular complexity index is 179. The molecule has 0 amide bonds. The fraction of sp³-hybridized carbons (Fsp3) is 0.667. The maximum Gasteiger partial charge on any atom is 0.193 e. The first-order valence-corrected chi connectivity index (χ1v) is 4.90. The fourth-order valence-corrected chi connectivity index (χ4v) is 1.84. The topological polar surface area (TPSA) is 63.3 Å². The summed E-state index contributed by atoms with van der Waals surface area (Å²) in [4.78, 5) is 8.56. The molecule has 0 bridgehead atoms. The van der Waals surface area contributed by atoms with E-state index < -0.39 is 8.03 Å². The Kier molecular flexibility index (Phi) is 2.66. The molecule has 0 saturated heterocycles. The van der Waals surface area contributed by atoms with E-state index in [9.17, 15) is 4.57 Å². The minimum absolute atomic E-state index is 0.191. The van der Waals surface area contributed by atoms with Gasteiger partial charge in [-0.1, -0.05) is 11.6 Å². The van der Waals surface area contributed by atoms with Crippen LogP contribution in [0.3, 0.4) is 0 Å². The lowest BCUT2D eigenvalue weighted by molar-refractivity contribution is 0.505. The van der Waals surface area contributed by atoms with E-state index in [1.54, 1.807) is 0 Å². The summed E-state index contributed by atoms with van der Waals surface area (Å²) in [6.07, 6.45) is 3.99. The second-order valence-electron chi connectivity index (χ2n) is 2.63. The summed E-state index contributed by atoms with van der Waals surface area (Å²) in [5.74, 6) is 0. The third kappa shape index (κ3) is 2.25. The van der Waals surface area contributed by atoms with E-state index in [-0.39, 0.29) is 6.04 Å². The highest BCUT2D eigenvalue weighted by molar-refractivity contribution is 7.38. The van der Waals surface area contributed by atoms with E-state index in [0.29, 0.717) is 6.16 Å². The van der Waals surface area contributed by atoms with Crippen LogP contribution in [-0.4, -0.2) is 17.1 Å². The first-order chi connectivity index (χ1) is 4.68. The van der Waals surface area contributed by atoms with Gasteiger partial charge in [0.05, 0.1) is 0 Å². The second kappa shape index (κ2) is 3.33. The van der Waals surface area contributed by atoms with Gasteiger partial charge in [-0.05, 0) is 12.8 Å². The SMILES string of the molecule is NC1CC=C(C[P@@H](=O)O)C1. The van der Waals surface area contributed by atoms with E-state index in [2.05, 4.69) is 0 Å². The second-order valence-corrected chi connectivity index (χ2v) is 3.77. The van der Waals surface area contributed by atoms with Gasteiger partial charge in [-0.25, -0.2) is 0 Å². The summed E-state index contributed by atoms with van der Waals surface area (Å²) < 4.78 is 10.4. The van der Waals surface area contributed by atoms with Gasteiger partial charge >= 0.3 is 0 Å². The summed E-state index contributed by atoms with van der Waals surface area (Å²) in [7, 11) is -2.31. The van der Waals surface area contributed by atoms with Crippen molar-refractivity contribution in [1.82, 2.24) is 0 Å². The summed E-state index contributed by atoms with van der Waals surface area (Å²) >= 11 is 0. The van der Waals surface area contributed by atoms with Gasteiger partial charge in [-0.3, -0.25) is 4.57 Å². The number of rotatable bonds is 2. The van der Waals surface area contributed by atoms with Crippen molar-refractivity contribution in [3.63, 3.8) is 0 Å². The van der Waals surface area contributed by atoms with Crippen LogP contribution in [0.15, 0.2) is 11.6 Å². The van der Waals surface area contributed by atoms with Crippen LogP contribution in [0.1, 0.15) is 12.8 Å². The Morgan fingerprint density at radius 2 is 2.60 bits per heavy atom. The van der Waals surface area contributed by atoms with Crippen molar-refractivity contribution in [1.29, 1.82) is 0 Å². The summed E-state index contributed by atoms with van der Waals surface area (Å²) in [6, 6.07) is 0.191. The van der Waals surface area contributed by atoms with Crippen LogP contribution in [0.25, 0.3) is 0 Å². The normalized spacial score (nSPS) is 28.2. The molecular weight excluding hydrogens is 149 g/mol. The quantitative estimate of drug-likeness (QED) is 0.458. The third-order valence-electron chi connectivity index (χ3n) is 1.61. The first kappa shape index (κ1) is 7.99. The van der Waals surface area contributed by atoms with E-state index in [0.717, 1.165) is 18.4 Å². The molecule has 0 aliphatic heterocycles. The largest absolute Gasteiger partial charge is 0.346 e. The lowest BCUT2D eigenvalue weighted by Crippen LogP contribution is -2.15. The van der Waals surface area contributed by atoms with Gasteiger partial charge in [0.25, 0.3) is 0 Å². The minimum Gasteiger partial charge on any atom is -0.346 e. The molecule has 0 saturated carbocycles. The Hall–Kier alpha value is -0.110. The van der Waals surface area contributed by atoms with Crippen LogP contribution in [0.4, 0.5) is 0 Å². The molecule has 4 heteroatoms. The molecule has 10 heavy (non-hydrogen) atoms. The minimum atomic E-state index is -2.31. The molecule has 0 radical (unpaired) electrons. The molecular formula is C6H12NO2P. The summed E-state index contributed by atoms with van der Waals surface area (Å²) in [5, 5.41) is 0. The highest BCUT2D eigenvalue weighted by Crippen LogP contribution is 2.25.